The lowest BCUT2D eigenvalue weighted by molar-refractivity contribution is 0.0601. The Kier molecular flexibility index (Phi) is 5.85. The van der Waals surface area contributed by atoms with Crippen LogP contribution in [0.4, 0.5) is 0 Å². The van der Waals surface area contributed by atoms with Crippen molar-refractivity contribution >= 4 is 28.6 Å². The van der Waals surface area contributed by atoms with Gasteiger partial charge in [0.05, 0.1) is 29.3 Å². The molecule has 0 saturated heterocycles. The number of methoxy groups -OCH3 is 1. The minimum Gasteiger partial charge on any atom is -0.465 e. The van der Waals surface area contributed by atoms with Gasteiger partial charge in [0.1, 0.15) is 5.82 Å². The minimum atomic E-state index is -0.473. The third-order valence-electron chi connectivity index (χ3n) is 4.82. The van der Waals surface area contributed by atoms with Crippen LogP contribution in [-0.2, 0) is 17.0 Å². The average Bonchev–Trinajstić information content (AvgIpc) is 3.19. The highest BCUT2D eigenvalue weighted by molar-refractivity contribution is 7.98. The van der Waals surface area contributed by atoms with Crippen molar-refractivity contribution in [1.82, 2.24) is 24.7 Å². The van der Waals surface area contributed by atoms with Gasteiger partial charge in [-0.05, 0) is 38.1 Å². The van der Waals surface area contributed by atoms with Crippen LogP contribution in [0.15, 0.2) is 52.4 Å². The number of aromatic amines is 1. The summed E-state index contributed by atoms with van der Waals surface area (Å²) in [6.07, 6.45) is 0. The van der Waals surface area contributed by atoms with Gasteiger partial charge < -0.3 is 14.3 Å². The zero-order chi connectivity index (χ0) is 22.0. The predicted molar refractivity (Wildman–Crippen MR) is 119 cm³/mol. The SMILES string of the molecule is CCn1c(SCc2nc3cc(C(=O)OC)ccc3c(=O)[nH]2)nnc1-c1cccc(C)c1. The van der Waals surface area contributed by atoms with E-state index >= 15 is 0 Å². The highest BCUT2D eigenvalue weighted by Crippen LogP contribution is 2.26. The van der Waals surface area contributed by atoms with E-state index in [0.717, 1.165) is 22.1 Å². The maximum Gasteiger partial charge on any atom is 0.337 e. The van der Waals surface area contributed by atoms with Crippen LogP contribution in [0.1, 0.15) is 28.7 Å². The van der Waals surface area contributed by atoms with Crippen molar-refractivity contribution in [2.24, 2.45) is 0 Å². The number of nitrogens with one attached hydrogen (secondary N) is 1. The molecule has 1 N–H and O–H groups in total. The van der Waals surface area contributed by atoms with Crippen LogP contribution in [-0.4, -0.2) is 37.8 Å². The molecule has 4 rings (SSSR count). The van der Waals surface area contributed by atoms with E-state index in [0.29, 0.717) is 34.6 Å². The number of H-pyrrole nitrogens is 1. The second-order valence-electron chi connectivity index (χ2n) is 6.94. The van der Waals surface area contributed by atoms with E-state index in [2.05, 4.69) is 26.2 Å². The molecule has 0 unspecified atom stereocenters. The lowest BCUT2D eigenvalue weighted by Crippen LogP contribution is -2.12. The summed E-state index contributed by atoms with van der Waals surface area (Å²) in [6, 6.07) is 12.8. The van der Waals surface area contributed by atoms with Gasteiger partial charge in [-0.25, -0.2) is 9.78 Å². The third-order valence-corrected chi connectivity index (χ3v) is 5.80. The number of benzene rings is 2. The van der Waals surface area contributed by atoms with Crippen LogP contribution in [0.2, 0.25) is 0 Å². The molecule has 2 aromatic heterocycles. The molecule has 31 heavy (non-hydrogen) atoms. The molecule has 0 aliphatic rings. The van der Waals surface area contributed by atoms with E-state index in [1.807, 2.05) is 36.6 Å². The molecule has 0 atom stereocenters. The van der Waals surface area contributed by atoms with Gasteiger partial charge >= 0.3 is 5.97 Å². The molecule has 9 heteroatoms. The van der Waals surface area contributed by atoms with Crippen LogP contribution in [0.3, 0.4) is 0 Å². The Labute approximate surface area is 182 Å². The maximum absolute atomic E-state index is 12.5. The number of carbonyl (C=O) groups excluding carboxylic acids is 1. The number of aryl methyl sites for hydroxylation is 1. The highest BCUT2D eigenvalue weighted by atomic mass is 32.2. The lowest BCUT2D eigenvalue weighted by Gasteiger charge is -2.08. The molecule has 0 saturated carbocycles. The van der Waals surface area contributed by atoms with Gasteiger partial charge in [0.2, 0.25) is 0 Å². The molecule has 0 fully saturated rings. The molecule has 2 heterocycles. The van der Waals surface area contributed by atoms with E-state index in [1.54, 1.807) is 18.2 Å². The summed E-state index contributed by atoms with van der Waals surface area (Å²) in [5.74, 6) is 1.22. The van der Waals surface area contributed by atoms with E-state index in [-0.39, 0.29) is 5.56 Å². The Bertz CT molecular complexity index is 1330. The van der Waals surface area contributed by atoms with Crippen molar-refractivity contribution in [3.05, 3.63) is 69.8 Å². The fourth-order valence-corrected chi connectivity index (χ4v) is 4.18. The Morgan fingerprint density at radius 2 is 2.03 bits per heavy atom. The smallest absolute Gasteiger partial charge is 0.337 e. The molecular formula is C22H21N5O3S. The Hall–Kier alpha value is -3.46. The first-order valence-corrected chi connectivity index (χ1v) is 10.7. The second kappa shape index (κ2) is 8.73. The van der Waals surface area contributed by atoms with Gasteiger partial charge in [0.25, 0.3) is 5.56 Å². The first-order chi connectivity index (χ1) is 15.0. The number of rotatable bonds is 6. The second-order valence-corrected chi connectivity index (χ2v) is 7.89. The number of hydrogen-bond donors (Lipinski definition) is 1. The zero-order valence-electron chi connectivity index (χ0n) is 17.4. The number of esters is 1. The topological polar surface area (TPSA) is 103 Å². The Balaban J connectivity index is 1.62. The van der Waals surface area contributed by atoms with Crippen molar-refractivity contribution in [2.45, 2.75) is 31.3 Å². The number of fused-ring (bicyclic) bond motifs is 1. The van der Waals surface area contributed by atoms with E-state index in [1.165, 1.54) is 18.9 Å². The monoisotopic (exact) mass is 435 g/mol. The molecule has 0 spiro atoms. The zero-order valence-corrected chi connectivity index (χ0v) is 18.2. The largest absolute Gasteiger partial charge is 0.465 e. The number of hydrogen-bond acceptors (Lipinski definition) is 7. The lowest BCUT2D eigenvalue weighted by atomic mass is 10.1. The van der Waals surface area contributed by atoms with E-state index in [9.17, 15) is 9.59 Å². The van der Waals surface area contributed by atoms with E-state index < -0.39 is 5.97 Å². The molecule has 4 aromatic rings. The van der Waals surface area contributed by atoms with Gasteiger partial charge in [-0.15, -0.1) is 10.2 Å². The average molecular weight is 436 g/mol. The standard InChI is InChI=1S/C22H21N5O3S/c1-4-27-19(14-7-5-6-13(2)10-14)25-26-22(27)31-12-18-23-17-11-15(21(29)30-3)8-9-16(17)20(28)24-18/h5-11H,4,12H2,1-3H3,(H,23,24,28). The Morgan fingerprint density at radius 3 is 2.77 bits per heavy atom. The van der Waals surface area contributed by atoms with Gasteiger partial charge in [0.15, 0.2) is 11.0 Å². The molecule has 0 radical (unpaired) electrons. The number of ether oxygens (including phenoxy) is 1. The van der Waals surface area contributed by atoms with Crippen molar-refractivity contribution in [3.63, 3.8) is 0 Å². The summed E-state index contributed by atoms with van der Waals surface area (Å²) in [4.78, 5) is 31.6. The van der Waals surface area contributed by atoms with Crippen LogP contribution in [0.5, 0.6) is 0 Å². The molecular weight excluding hydrogens is 414 g/mol. The molecule has 2 aromatic carbocycles. The molecule has 0 bridgehead atoms. The minimum absolute atomic E-state index is 0.255. The fourth-order valence-electron chi connectivity index (χ4n) is 3.31. The third kappa shape index (κ3) is 4.22. The summed E-state index contributed by atoms with van der Waals surface area (Å²) in [7, 11) is 1.31. The maximum atomic E-state index is 12.5. The number of nitrogens with zero attached hydrogens (tertiary/aromatic N) is 4. The molecule has 0 amide bonds. The van der Waals surface area contributed by atoms with Gasteiger partial charge in [-0.3, -0.25) is 4.79 Å². The molecule has 0 aliphatic carbocycles. The van der Waals surface area contributed by atoms with Gasteiger partial charge in [0, 0.05) is 12.1 Å². The first kappa shape index (κ1) is 20.8. The van der Waals surface area contributed by atoms with Crippen molar-refractivity contribution < 1.29 is 9.53 Å². The molecule has 0 aliphatic heterocycles. The summed E-state index contributed by atoms with van der Waals surface area (Å²) in [5, 5.41) is 9.86. The number of thioether (sulfide) groups is 1. The predicted octanol–water partition coefficient (Wildman–Crippen LogP) is 3.59. The van der Waals surface area contributed by atoms with Crippen LogP contribution < -0.4 is 5.56 Å². The first-order valence-electron chi connectivity index (χ1n) is 9.74. The van der Waals surface area contributed by atoms with Crippen LogP contribution in [0, 0.1) is 6.92 Å². The van der Waals surface area contributed by atoms with Crippen molar-refractivity contribution in [3.8, 4) is 11.4 Å². The van der Waals surface area contributed by atoms with Crippen LogP contribution in [0.25, 0.3) is 22.3 Å². The van der Waals surface area contributed by atoms with Gasteiger partial charge in [-0.2, -0.15) is 0 Å². The number of carbonyl (C=O) groups is 1. The van der Waals surface area contributed by atoms with Crippen LogP contribution >= 0.6 is 11.8 Å². The molecule has 158 valence electrons. The summed E-state index contributed by atoms with van der Waals surface area (Å²) in [5.41, 5.74) is 2.70. The van der Waals surface area contributed by atoms with E-state index in [4.69, 9.17) is 4.74 Å². The summed E-state index contributed by atoms with van der Waals surface area (Å²) >= 11 is 1.44. The summed E-state index contributed by atoms with van der Waals surface area (Å²) < 4.78 is 6.78. The number of aromatic nitrogens is 5. The highest BCUT2D eigenvalue weighted by Gasteiger charge is 2.15. The van der Waals surface area contributed by atoms with Crippen molar-refractivity contribution in [2.75, 3.05) is 7.11 Å². The quantitative estimate of drug-likeness (QED) is 0.365. The fraction of sp³-hybridized carbons (Fsp3) is 0.227. The molecule has 8 nitrogen and oxygen atoms in total. The summed E-state index contributed by atoms with van der Waals surface area (Å²) in [6.45, 7) is 4.79. The van der Waals surface area contributed by atoms with Crippen molar-refractivity contribution in [1.29, 1.82) is 0 Å². The Morgan fingerprint density at radius 1 is 1.19 bits per heavy atom. The normalized spacial score (nSPS) is 11.1. The van der Waals surface area contributed by atoms with Gasteiger partial charge in [-0.1, -0.05) is 35.5 Å².